The summed E-state index contributed by atoms with van der Waals surface area (Å²) in [5.74, 6) is 0. The highest BCUT2D eigenvalue weighted by Gasteiger charge is 2.07. The molecule has 0 amide bonds. The number of hydrogen-bond acceptors (Lipinski definition) is 3. The van der Waals surface area contributed by atoms with Gasteiger partial charge in [-0.2, -0.15) is 0 Å². The zero-order chi connectivity index (χ0) is 12.4. The summed E-state index contributed by atoms with van der Waals surface area (Å²) in [4.78, 5) is 3.98. The molecule has 1 aromatic carbocycles. The lowest BCUT2D eigenvalue weighted by Crippen LogP contribution is -1.98. The molecule has 0 saturated heterocycles. The van der Waals surface area contributed by atoms with Gasteiger partial charge < -0.3 is 11.1 Å². The van der Waals surface area contributed by atoms with Crippen molar-refractivity contribution in [2.24, 2.45) is 0 Å². The Balaban J connectivity index is 2.38. The monoisotopic (exact) mass is 375 g/mol. The van der Waals surface area contributed by atoms with Crippen LogP contribution in [0.2, 0.25) is 5.02 Å². The molecule has 0 atom stereocenters. The minimum absolute atomic E-state index is 0.571. The van der Waals surface area contributed by atoms with Crippen molar-refractivity contribution in [3.05, 3.63) is 44.6 Å². The molecule has 3 nitrogen and oxygen atoms in total. The molecule has 88 valence electrons. The smallest absolute Gasteiger partial charge is 0.0794 e. The van der Waals surface area contributed by atoms with Gasteiger partial charge in [0.15, 0.2) is 0 Å². The molecule has 0 bridgehead atoms. The van der Waals surface area contributed by atoms with Gasteiger partial charge >= 0.3 is 0 Å². The SMILES string of the molecule is Nc1cncc(Br)c1Nc1ccc(Cl)cc1Br. The van der Waals surface area contributed by atoms with E-state index in [1.165, 1.54) is 0 Å². The summed E-state index contributed by atoms with van der Waals surface area (Å²) in [6, 6.07) is 5.49. The van der Waals surface area contributed by atoms with Crippen LogP contribution in [-0.4, -0.2) is 4.98 Å². The number of nitrogens with one attached hydrogen (secondary N) is 1. The maximum absolute atomic E-state index is 5.88. The Morgan fingerprint density at radius 3 is 2.59 bits per heavy atom. The summed E-state index contributed by atoms with van der Waals surface area (Å²) in [6.45, 7) is 0. The average Bonchev–Trinajstić information content (AvgIpc) is 2.26. The molecule has 0 aliphatic rings. The van der Waals surface area contributed by atoms with Crippen LogP contribution in [-0.2, 0) is 0 Å². The van der Waals surface area contributed by atoms with Crippen LogP contribution in [0, 0.1) is 0 Å². The number of aromatic nitrogens is 1. The molecule has 1 aromatic heterocycles. The van der Waals surface area contributed by atoms with E-state index in [1.807, 2.05) is 12.1 Å². The van der Waals surface area contributed by atoms with Gasteiger partial charge in [-0.1, -0.05) is 11.6 Å². The predicted octanol–water partition coefficient (Wildman–Crippen LogP) is 4.59. The lowest BCUT2D eigenvalue weighted by Gasteiger charge is -2.12. The van der Waals surface area contributed by atoms with E-state index < -0.39 is 0 Å². The van der Waals surface area contributed by atoms with Crippen molar-refractivity contribution in [2.75, 3.05) is 11.1 Å². The Morgan fingerprint density at radius 1 is 1.18 bits per heavy atom. The Kier molecular flexibility index (Phi) is 3.91. The van der Waals surface area contributed by atoms with Gasteiger partial charge in [-0.3, -0.25) is 4.98 Å². The number of nitrogens with zero attached hydrogens (tertiary/aromatic N) is 1. The first kappa shape index (κ1) is 12.7. The molecule has 17 heavy (non-hydrogen) atoms. The third kappa shape index (κ3) is 2.91. The maximum Gasteiger partial charge on any atom is 0.0794 e. The number of halogens is 3. The number of hydrogen-bond donors (Lipinski definition) is 2. The third-order valence-corrected chi connectivity index (χ3v) is 3.61. The van der Waals surface area contributed by atoms with Crippen molar-refractivity contribution >= 4 is 60.5 Å². The highest BCUT2D eigenvalue weighted by molar-refractivity contribution is 9.11. The fraction of sp³-hybridized carbons (Fsp3) is 0. The van der Waals surface area contributed by atoms with Gasteiger partial charge in [0.1, 0.15) is 0 Å². The molecule has 0 saturated carbocycles. The molecule has 6 heteroatoms. The Morgan fingerprint density at radius 2 is 1.94 bits per heavy atom. The van der Waals surface area contributed by atoms with Gasteiger partial charge in [0.25, 0.3) is 0 Å². The number of rotatable bonds is 2. The second kappa shape index (κ2) is 5.25. The third-order valence-electron chi connectivity index (χ3n) is 2.12. The molecule has 2 aromatic rings. The molecule has 0 radical (unpaired) electrons. The first-order chi connectivity index (χ1) is 8.08. The lowest BCUT2D eigenvalue weighted by molar-refractivity contribution is 1.31. The summed E-state index contributed by atoms with van der Waals surface area (Å²) < 4.78 is 1.67. The minimum atomic E-state index is 0.571. The van der Waals surface area contributed by atoms with E-state index in [0.29, 0.717) is 10.7 Å². The summed E-state index contributed by atoms with van der Waals surface area (Å²) in [7, 11) is 0. The number of nitrogens with two attached hydrogens (primary N) is 1. The zero-order valence-corrected chi connectivity index (χ0v) is 12.5. The molecule has 0 unspecified atom stereocenters. The van der Waals surface area contributed by atoms with E-state index in [0.717, 1.165) is 20.3 Å². The normalized spacial score (nSPS) is 10.3. The summed E-state index contributed by atoms with van der Waals surface area (Å²) in [6.07, 6.45) is 3.28. The van der Waals surface area contributed by atoms with Crippen LogP contribution in [0.15, 0.2) is 39.5 Å². The van der Waals surface area contributed by atoms with Gasteiger partial charge in [-0.25, -0.2) is 0 Å². The average molecular weight is 377 g/mol. The van der Waals surface area contributed by atoms with E-state index >= 15 is 0 Å². The fourth-order valence-electron chi connectivity index (χ4n) is 1.31. The predicted molar refractivity (Wildman–Crippen MR) is 78.8 cm³/mol. The lowest BCUT2D eigenvalue weighted by atomic mass is 10.3. The molecule has 1 heterocycles. The molecule has 0 aliphatic heterocycles. The number of benzene rings is 1. The Labute approximate surface area is 121 Å². The zero-order valence-electron chi connectivity index (χ0n) is 8.55. The van der Waals surface area contributed by atoms with E-state index in [1.54, 1.807) is 18.5 Å². The molecular formula is C11H8Br2ClN3. The van der Waals surface area contributed by atoms with E-state index in [4.69, 9.17) is 17.3 Å². The topological polar surface area (TPSA) is 50.9 Å². The van der Waals surface area contributed by atoms with Gasteiger partial charge in [0, 0.05) is 15.7 Å². The summed E-state index contributed by atoms with van der Waals surface area (Å²) >= 11 is 12.7. The van der Waals surface area contributed by atoms with Crippen LogP contribution in [0.3, 0.4) is 0 Å². The Bertz CT molecular complexity index is 540. The molecule has 3 N–H and O–H groups in total. The van der Waals surface area contributed by atoms with Crippen LogP contribution < -0.4 is 11.1 Å². The number of pyridine rings is 1. The summed E-state index contributed by atoms with van der Waals surface area (Å²) in [5.41, 5.74) is 8.09. The summed E-state index contributed by atoms with van der Waals surface area (Å²) in [5, 5.41) is 3.89. The van der Waals surface area contributed by atoms with Crippen LogP contribution in [0.1, 0.15) is 0 Å². The number of nitrogen functional groups attached to an aromatic ring is 1. The Hall–Kier alpha value is -0.780. The molecule has 0 spiro atoms. The van der Waals surface area contributed by atoms with Crippen molar-refractivity contribution in [3.63, 3.8) is 0 Å². The van der Waals surface area contributed by atoms with Gasteiger partial charge in [-0.15, -0.1) is 0 Å². The van der Waals surface area contributed by atoms with Crippen molar-refractivity contribution in [1.29, 1.82) is 0 Å². The van der Waals surface area contributed by atoms with Crippen molar-refractivity contribution in [2.45, 2.75) is 0 Å². The van der Waals surface area contributed by atoms with E-state index in [2.05, 4.69) is 42.2 Å². The molecule has 2 rings (SSSR count). The second-order valence-electron chi connectivity index (χ2n) is 3.33. The largest absolute Gasteiger partial charge is 0.396 e. The minimum Gasteiger partial charge on any atom is -0.396 e. The highest BCUT2D eigenvalue weighted by atomic mass is 79.9. The number of anilines is 3. The fourth-order valence-corrected chi connectivity index (χ4v) is 2.54. The van der Waals surface area contributed by atoms with Gasteiger partial charge in [0.2, 0.25) is 0 Å². The van der Waals surface area contributed by atoms with Gasteiger partial charge in [-0.05, 0) is 50.1 Å². The second-order valence-corrected chi connectivity index (χ2v) is 5.48. The van der Waals surface area contributed by atoms with Crippen molar-refractivity contribution < 1.29 is 0 Å². The molecule has 0 fully saturated rings. The van der Waals surface area contributed by atoms with Crippen molar-refractivity contribution in [3.8, 4) is 0 Å². The molecule has 0 aliphatic carbocycles. The maximum atomic E-state index is 5.88. The van der Waals surface area contributed by atoms with Gasteiger partial charge in [0.05, 0.1) is 27.7 Å². The van der Waals surface area contributed by atoms with Crippen LogP contribution in [0.25, 0.3) is 0 Å². The standard InChI is InChI=1S/C11H8Br2ClN3/c12-7-3-6(14)1-2-10(7)17-11-8(13)4-16-5-9(11)15/h1-5H,15H2,(H,16,17). The first-order valence-corrected chi connectivity index (χ1v) is 6.65. The molecular weight excluding hydrogens is 369 g/mol. The van der Waals surface area contributed by atoms with Crippen LogP contribution in [0.4, 0.5) is 17.1 Å². The van der Waals surface area contributed by atoms with Crippen molar-refractivity contribution in [1.82, 2.24) is 4.98 Å². The van der Waals surface area contributed by atoms with E-state index in [9.17, 15) is 0 Å². The van der Waals surface area contributed by atoms with Crippen LogP contribution in [0.5, 0.6) is 0 Å². The van der Waals surface area contributed by atoms with E-state index in [-0.39, 0.29) is 0 Å². The highest BCUT2D eigenvalue weighted by Crippen LogP contribution is 2.34. The quantitative estimate of drug-likeness (QED) is 0.805. The first-order valence-electron chi connectivity index (χ1n) is 4.69. The van der Waals surface area contributed by atoms with Crippen LogP contribution >= 0.6 is 43.5 Å².